The van der Waals surface area contributed by atoms with Crippen LogP contribution in [-0.4, -0.2) is 25.2 Å². The third-order valence-electron chi connectivity index (χ3n) is 4.55. The second kappa shape index (κ2) is 7.56. The molecule has 0 aliphatic heterocycles. The molecule has 140 valence electrons. The highest BCUT2D eigenvalue weighted by atomic mass is 16.6. The molecule has 6 heteroatoms. The van der Waals surface area contributed by atoms with Gasteiger partial charge in [-0.2, -0.15) is 0 Å². The Bertz CT molecular complexity index is 875. The van der Waals surface area contributed by atoms with E-state index in [4.69, 9.17) is 13.9 Å². The first-order valence-electron chi connectivity index (χ1n) is 8.75. The van der Waals surface area contributed by atoms with Gasteiger partial charge in [-0.15, -0.1) is 5.73 Å². The molecule has 1 heterocycles. The molecule has 0 spiro atoms. The molecule has 6 nitrogen and oxygen atoms in total. The van der Waals surface area contributed by atoms with Crippen LogP contribution in [0.2, 0.25) is 0 Å². The molecule has 1 aromatic carbocycles. The van der Waals surface area contributed by atoms with Gasteiger partial charge in [0.1, 0.15) is 0 Å². The third-order valence-corrected chi connectivity index (χ3v) is 4.55. The van der Waals surface area contributed by atoms with E-state index in [0.717, 1.165) is 5.56 Å². The minimum Gasteiger partial charge on any atom is -0.465 e. The molecule has 0 fully saturated rings. The largest absolute Gasteiger partial charge is 0.465 e. The van der Waals surface area contributed by atoms with E-state index in [0.29, 0.717) is 17.0 Å². The Morgan fingerprint density at radius 3 is 2.37 bits per heavy atom. The van der Waals surface area contributed by atoms with Crippen molar-refractivity contribution < 1.29 is 23.5 Å². The van der Waals surface area contributed by atoms with Gasteiger partial charge in [0.2, 0.25) is 5.41 Å². The molecule has 0 bridgehead atoms. The molecular weight excluding hydrogens is 346 g/mol. The van der Waals surface area contributed by atoms with Gasteiger partial charge in [-0.3, -0.25) is 9.59 Å². The summed E-state index contributed by atoms with van der Waals surface area (Å²) in [5.74, 6) is -1.01. The number of benzene rings is 1. The molecule has 3 rings (SSSR count). The number of carbonyl (C=O) groups is 2. The highest BCUT2D eigenvalue weighted by Crippen LogP contribution is 2.56. The van der Waals surface area contributed by atoms with Crippen molar-refractivity contribution in [1.29, 1.82) is 0 Å². The number of hydrogen-bond donors (Lipinski definition) is 1. The zero-order chi connectivity index (χ0) is 19.4. The van der Waals surface area contributed by atoms with E-state index in [9.17, 15) is 9.59 Å². The van der Waals surface area contributed by atoms with Crippen molar-refractivity contribution >= 4 is 23.4 Å². The molecule has 0 saturated carbocycles. The Morgan fingerprint density at radius 1 is 1.15 bits per heavy atom. The second-order valence-electron chi connectivity index (χ2n) is 5.94. The molecule has 0 saturated heterocycles. The summed E-state index contributed by atoms with van der Waals surface area (Å²) in [4.78, 5) is 26.4. The molecule has 1 unspecified atom stereocenters. The Balaban J connectivity index is 2.26. The number of nitrogens with one attached hydrogen (secondary N) is 1. The average molecular weight is 367 g/mol. The van der Waals surface area contributed by atoms with E-state index in [1.54, 1.807) is 26.0 Å². The fourth-order valence-electron chi connectivity index (χ4n) is 3.50. The number of esters is 2. The standard InChI is InChI=1S/C21H21NO5/c1-4-16-14-10-7-8-11-15(14)18(22-17-12-9-13-27-17)21(16,19(23)25-5-2)20(24)26-6-3/h7-13,18,22H,1,5-6H2,2-3H3. The molecule has 1 atom stereocenters. The van der Waals surface area contributed by atoms with Crippen LogP contribution in [0.5, 0.6) is 0 Å². The number of fused-ring (bicyclic) bond motifs is 1. The number of furan rings is 1. The molecule has 1 N–H and O–H groups in total. The van der Waals surface area contributed by atoms with Crippen molar-refractivity contribution in [2.24, 2.45) is 5.41 Å². The lowest BCUT2D eigenvalue weighted by atomic mass is 9.77. The summed E-state index contributed by atoms with van der Waals surface area (Å²) in [6.07, 6.45) is 1.50. The Kier molecular flexibility index (Phi) is 5.19. The molecule has 1 aliphatic carbocycles. The highest BCUT2D eigenvalue weighted by molar-refractivity contribution is 6.15. The normalized spacial score (nSPS) is 17.0. The minimum atomic E-state index is -1.77. The number of ether oxygens (including phenoxy) is 2. The Morgan fingerprint density at radius 2 is 1.81 bits per heavy atom. The lowest BCUT2D eigenvalue weighted by Gasteiger charge is -2.32. The van der Waals surface area contributed by atoms with Crippen molar-refractivity contribution in [2.75, 3.05) is 18.5 Å². The van der Waals surface area contributed by atoms with Crippen LogP contribution in [0.15, 0.2) is 59.4 Å². The van der Waals surface area contributed by atoms with Crippen LogP contribution in [0.4, 0.5) is 5.88 Å². The summed E-state index contributed by atoms with van der Waals surface area (Å²) in [6, 6.07) is 9.95. The SMILES string of the molecule is C=C=C1c2ccccc2C(Nc2ccco2)C1(C(=O)OCC)C(=O)OCC. The third kappa shape index (κ3) is 2.84. The number of carbonyl (C=O) groups excluding carboxylic acids is 2. The Labute approximate surface area is 157 Å². The van der Waals surface area contributed by atoms with Gasteiger partial charge in [0.25, 0.3) is 0 Å². The maximum absolute atomic E-state index is 13.2. The Hall–Kier alpha value is -3.24. The number of anilines is 1. The van der Waals surface area contributed by atoms with Gasteiger partial charge in [0, 0.05) is 11.6 Å². The van der Waals surface area contributed by atoms with Crippen molar-refractivity contribution in [2.45, 2.75) is 19.9 Å². The maximum Gasteiger partial charge on any atom is 0.331 e. The van der Waals surface area contributed by atoms with Crippen LogP contribution in [0.25, 0.3) is 5.57 Å². The average Bonchev–Trinajstić information content (AvgIpc) is 3.27. The fraction of sp³-hybridized carbons (Fsp3) is 0.286. The molecule has 0 radical (unpaired) electrons. The van der Waals surface area contributed by atoms with Crippen LogP contribution >= 0.6 is 0 Å². The van der Waals surface area contributed by atoms with Gasteiger partial charge in [-0.05, 0) is 31.0 Å². The highest BCUT2D eigenvalue weighted by Gasteiger charge is 2.63. The molecule has 0 amide bonds. The number of hydrogen-bond acceptors (Lipinski definition) is 6. The molecule has 27 heavy (non-hydrogen) atoms. The topological polar surface area (TPSA) is 77.8 Å². The monoisotopic (exact) mass is 367 g/mol. The number of rotatable bonds is 6. The van der Waals surface area contributed by atoms with Crippen LogP contribution in [0, 0.1) is 5.41 Å². The van der Waals surface area contributed by atoms with Gasteiger partial charge >= 0.3 is 11.9 Å². The minimum absolute atomic E-state index is 0.119. The predicted molar refractivity (Wildman–Crippen MR) is 99.8 cm³/mol. The summed E-state index contributed by atoms with van der Waals surface area (Å²) in [5.41, 5.74) is 2.78. The second-order valence-corrected chi connectivity index (χ2v) is 5.94. The van der Waals surface area contributed by atoms with E-state index in [-0.39, 0.29) is 13.2 Å². The van der Waals surface area contributed by atoms with E-state index in [1.807, 2.05) is 24.3 Å². The first-order chi connectivity index (χ1) is 13.1. The van der Waals surface area contributed by atoms with Crippen molar-refractivity contribution in [3.63, 3.8) is 0 Å². The van der Waals surface area contributed by atoms with Crippen molar-refractivity contribution in [1.82, 2.24) is 0 Å². The summed E-state index contributed by atoms with van der Waals surface area (Å²) >= 11 is 0. The smallest absolute Gasteiger partial charge is 0.331 e. The van der Waals surface area contributed by atoms with E-state index in [1.165, 1.54) is 6.26 Å². The summed E-state index contributed by atoms with van der Waals surface area (Å²) < 4.78 is 16.0. The van der Waals surface area contributed by atoms with Gasteiger partial charge in [0.15, 0.2) is 5.88 Å². The maximum atomic E-state index is 13.2. The quantitative estimate of drug-likeness (QED) is 0.476. The van der Waals surface area contributed by atoms with E-state index < -0.39 is 23.4 Å². The fourth-order valence-corrected chi connectivity index (χ4v) is 3.50. The lowest BCUT2D eigenvalue weighted by Crippen LogP contribution is -2.47. The summed E-state index contributed by atoms with van der Waals surface area (Å²) in [7, 11) is 0. The summed E-state index contributed by atoms with van der Waals surface area (Å²) in [5, 5.41) is 3.15. The van der Waals surface area contributed by atoms with E-state index in [2.05, 4.69) is 17.6 Å². The predicted octanol–water partition coefficient (Wildman–Crippen LogP) is 3.73. The van der Waals surface area contributed by atoms with Gasteiger partial charge < -0.3 is 19.2 Å². The van der Waals surface area contributed by atoms with Crippen LogP contribution in [0.3, 0.4) is 0 Å². The van der Waals surface area contributed by atoms with E-state index >= 15 is 0 Å². The lowest BCUT2D eigenvalue weighted by molar-refractivity contribution is -0.167. The van der Waals surface area contributed by atoms with Crippen LogP contribution in [-0.2, 0) is 19.1 Å². The van der Waals surface area contributed by atoms with Crippen LogP contribution in [0.1, 0.15) is 31.0 Å². The summed E-state index contributed by atoms with van der Waals surface area (Å²) in [6.45, 7) is 7.33. The van der Waals surface area contributed by atoms with Gasteiger partial charge in [-0.25, -0.2) is 0 Å². The van der Waals surface area contributed by atoms with Gasteiger partial charge in [-0.1, -0.05) is 30.8 Å². The molecule has 1 aromatic heterocycles. The molecule has 2 aromatic rings. The van der Waals surface area contributed by atoms with Crippen molar-refractivity contribution in [3.05, 3.63) is 66.1 Å². The zero-order valence-electron chi connectivity index (χ0n) is 15.3. The molecular formula is C21H21NO5. The molecule has 1 aliphatic rings. The zero-order valence-corrected chi connectivity index (χ0v) is 15.3. The van der Waals surface area contributed by atoms with Crippen molar-refractivity contribution in [3.8, 4) is 0 Å². The van der Waals surface area contributed by atoms with Crippen LogP contribution < -0.4 is 5.32 Å². The van der Waals surface area contributed by atoms with Gasteiger partial charge in [0.05, 0.1) is 25.5 Å². The first kappa shape index (κ1) is 18.5. The first-order valence-corrected chi connectivity index (χ1v) is 8.75.